The number of carbonyl (C=O) groups is 1. The van der Waals surface area contributed by atoms with Gasteiger partial charge in [-0.1, -0.05) is 11.6 Å². The van der Waals surface area contributed by atoms with Crippen LogP contribution >= 0.6 is 11.6 Å². The van der Waals surface area contributed by atoms with Crippen LogP contribution in [0.3, 0.4) is 0 Å². The summed E-state index contributed by atoms with van der Waals surface area (Å²) in [5.74, 6) is -0.0179. The number of Topliss-reactive ketones (excluding diaryl/α,β-unsaturated/α-hetero) is 1. The lowest BCUT2D eigenvalue weighted by molar-refractivity contribution is 0.101. The minimum absolute atomic E-state index is 0.0179. The van der Waals surface area contributed by atoms with Crippen molar-refractivity contribution < 1.29 is 4.79 Å². The van der Waals surface area contributed by atoms with E-state index in [0.29, 0.717) is 28.3 Å². The van der Waals surface area contributed by atoms with Crippen LogP contribution in [0, 0.1) is 0 Å². The molecule has 0 amide bonds. The van der Waals surface area contributed by atoms with Gasteiger partial charge in [-0.2, -0.15) is 0 Å². The minimum atomic E-state index is -0.0179. The molecule has 0 unspecified atom stereocenters. The molecular weight excluding hydrogens is 324 g/mol. The molecule has 0 spiro atoms. The summed E-state index contributed by atoms with van der Waals surface area (Å²) in [4.78, 5) is 23.1. The van der Waals surface area contributed by atoms with Gasteiger partial charge in [0, 0.05) is 18.3 Å². The van der Waals surface area contributed by atoms with Crippen LogP contribution in [0.15, 0.2) is 18.3 Å². The van der Waals surface area contributed by atoms with Gasteiger partial charge in [0.1, 0.15) is 10.7 Å². The Kier molecular flexibility index (Phi) is 5.01. The van der Waals surface area contributed by atoms with E-state index in [1.807, 2.05) is 6.07 Å². The van der Waals surface area contributed by atoms with Gasteiger partial charge in [-0.15, -0.1) is 0 Å². The van der Waals surface area contributed by atoms with Gasteiger partial charge in [0.15, 0.2) is 5.78 Å². The summed E-state index contributed by atoms with van der Waals surface area (Å²) < 4.78 is 0. The molecule has 1 aliphatic rings. The number of fused-ring (bicyclic) bond motifs is 1. The summed E-state index contributed by atoms with van der Waals surface area (Å²) in [5.41, 5.74) is 2.76. The van der Waals surface area contributed by atoms with E-state index in [1.165, 1.54) is 0 Å². The van der Waals surface area contributed by atoms with Crippen LogP contribution in [0.25, 0.3) is 11.0 Å². The topological polar surface area (TPSA) is 58.1 Å². The van der Waals surface area contributed by atoms with Crippen molar-refractivity contribution >= 4 is 34.1 Å². The zero-order valence-electron chi connectivity index (χ0n) is 14.3. The number of nitrogens with zero attached hydrogens (tertiary/aromatic N) is 3. The summed E-state index contributed by atoms with van der Waals surface area (Å²) in [6.45, 7) is 1.56. The van der Waals surface area contributed by atoms with E-state index in [4.69, 9.17) is 11.6 Å². The van der Waals surface area contributed by atoms with E-state index < -0.39 is 0 Å². The Morgan fingerprint density at radius 2 is 1.96 bits per heavy atom. The first-order valence-corrected chi connectivity index (χ1v) is 8.72. The largest absolute Gasteiger partial charge is 0.380 e. The Balaban J connectivity index is 1.91. The number of ketones is 1. The van der Waals surface area contributed by atoms with Crippen LogP contribution in [0.4, 0.5) is 5.69 Å². The van der Waals surface area contributed by atoms with E-state index in [9.17, 15) is 4.79 Å². The molecule has 0 aliphatic heterocycles. The van der Waals surface area contributed by atoms with Crippen molar-refractivity contribution in [3.05, 3.63) is 29.0 Å². The summed E-state index contributed by atoms with van der Waals surface area (Å²) in [6.07, 6.45) is 6.08. The molecular formula is C18H23ClN4O. The van der Waals surface area contributed by atoms with Gasteiger partial charge in [0.05, 0.1) is 16.8 Å². The highest BCUT2D eigenvalue weighted by Crippen LogP contribution is 2.30. The number of rotatable bonds is 4. The molecule has 128 valence electrons. The predicted octanol–water partition coefficient (Wildman–Crippen LogP) is 3.77. The number of hydrogen-bond acceptors (Lipinski definition) is 5. The smallest absolute Gasteiger partial charge is 0.163 e. The summed E-state index contributed by atoms with van der Waals surface area (Å²) in [6, 6.07) is 4.53. The second-order valence-corrected chi connectivity index (χ2v) is 7.11. The standard InChI is InChI=1S/C18H23ClN4O/c1-11(24)14-10-20-15-8-9-16(19)22-18(15)17(14)21-12-4-6-13(7-5-12)23(2)3/h8-10,12-13H,4-7H2,1-3H3,(H,20,21)/t12-,13-. The van der Waals surface area contributed by atoms with Crippen molar-refractivity contribution in [2.45, 2.75) is 44.7 Å². The fraction of sp³-hybridized carbons (Fsp3) is 0.500. The number of aromatic nitrogens is 2. The third-order valence-corrected chi connectivity index (χ3v) is 5.04. The molecule has 0 aromatic carbocycles. The van der Waals surface area contributed by atoms with Gasteiger partial charge in [0.2, 0.25) is 0 Å². The fourth-order valence-corrected chi connectivity index (χ4v) is 3.54. The molecule has 2 aromatic heterocycles. The van der Waals surface area contributed by atoms with Crippen LogP contribution in [0.5, 0.6) is 0 Å². The van der Waals surface area contributed by atoms with Gasteiger partial charge < -0.3 is 10.2 Å². The second-order valence-electron chi connectivity index (χ2n) is 6.72. The lowest BCUT2D eigenvalue weighted by Crippen LogP contribution is -2.36. The molecule has 24 heavy (non-hydrogen) atoms. The molecule has 0 saturated heterocycles. The quantitative estimate of drug-likeness (QED) is 0.674. The average Bonchev–Trinajstić information content (AvgIpc) is 2.55. The lowest BCUT2D eigenvalue weighted by Gasteiger charge is -2.33. The van der Waals surface area contributed by atoms with Crippen LogP contribution < -0.4 is 5.32 Å². The number of halogens is 1. The van der Waals surface area contributed by atoms with Gasteiger partial charge in [-0.3, -0.25) is 9.78 Å². The van der Waals surface area contributed by atoms with Crippen molar-refractivity contribution in [3.8, 4) is 0 Å². The SMILES string of the molecule is CC(=O)c1cnc2ccc(Cl)nc2c1N[C@H]1CC[C@H](N(C)C)CC1. The van der Waals surface area contributed by atoms with E-state index in [0.717, 1.165) is 36.9 Å². The molecule has 0 atom stereocenters. The molecule has 5 nitrogen and oxygen atoms in total. The maximum absolute atomic E-state index is 12.0. The molecule has 1 fully saturated rings. The normalized spacial score (nSPS) is 21.2. The van der Waals surface area contributed by atoms with E-state index in [1.54, 1.807) is 19.2 Å². The fourth-order valence-electron chi connectivity index (χ4n) is 3.40. The Labute approximate surface area is 147 Å². The zero-order valence-corrected chi connectivity index (χ0v) is 15.1. The Hall–Kier alpha value is -1.72. The lowest BCUT2D eigenvalue weighted by atomic mass is 9.90. The second kappa shape index (κ2) is 7.03. The summed E-state index contributed by atoms with van der Waals surface area (Å²) in [7, 11) is 4.27. The van der Waals surface area contributed by atoms with Crippen molar-refractivity contribution in [2.75, 3.05) is 19.4 Å². The highest BCUT2D eigenvalue weighted by Gasteiger charge is 2.24. The maximum Gasteiger partial charge on any atom is 0.163 e. The molecule has 1 N–H and O–H groups in total. The van der Waals surface area contributed by atoms with Crippen LogP contribution in [0.1, 0.15) is 43.0 Å². The Morgan fingerprint density at radius 3 is 2.58 bits per heavy atom. The predicted molar refractivity (Wildman–Crippen MR) is 97.9 cm³/mol. The van der Waals surface area contributed by atoms with Gasteiger partial charge in [-0.25, -0.2) is 4.98 Å². The van der Waals surface area contributed by atoms with Crippen molar-refractivity contribution in [1.82, 2.24) is 14.9 Å². The van der Waals surface area contributed by atoms with Gasteiger partial charge in [-0.05, 0) is 58.8 Å². The van der Waals surface area contributed by atoms with E-state index in [-0.39, 0.29) is 5.78 Å². The van der Waals surface area contributed by atoms with E-state index in [2.05, 4.69) is 34.3 Å². The zero-order chi connectivity index (χ0) is 17.3. The summed E-state index contributed by atoms with van der Waals surface area (Å²) in [5, 5.41) is 3.97. The first-order valence-electron chi connectivity index (χ1n) is 8.35. The maximum atomic E-state index is 12.0. The third-order valence-electron chi connectivity index (χ3n) is 4.83. The van der Waals surface area contributed by atoms with Gasteiger partial charge in [0.25, 0.3) is 0 Å². The van der Waals surface area contributed by atoms with E-state index >= 15 is 0 Å². The molecule has 1 saturated carbocycles. The van der Waals surface area contributed by atoms with Crippen LogP contribution in [-0.4, -0.2) is 46.8 Å². The highest BCUT2D eigenvalue weighted by atomic mass is 35.5. The van der Waals surface area contributed by atoms with Crippen LogP contribution in [-0.2, 0) is 0 Å². The number of pyridine rings is 2. The van der Waals surface area contributed by atoms with Crippen molar-refractivity contribution in [2.24, 2.45) is 0 Å². The first-order chi connectivity index (χ1) is 11.5. The molecule has 0 radical (unpaired) electrons. The number of carbonyl (C=O) groups excluding carboxylic acids is 1. The molecule has 3 rings (SSSR count). The minimum Gasteiger partial charge on any atom is -0.380 e. The van der Waals surface area contributed by atoms with Crippen molar-refractivity contribution in [3.63, 3.8) is 0 Å². The Bertz CT molecular complexity index is 754. The van der Waals surface area contributed by atoms with Gasteiger partial charge >= 0.3 is 0 Å². The monoisotopic (exact) mass is 346 g/mol. The molecule has 6 heteroatoms. The molecule has 1 aliphatic carbocycles. The Morgan fingerprint density at radius 1 is 1.25 bits per heavy atom. The number of nitrogens with one attached hydrogen (secondary N) is 1. The summed E-state index contributed by atoms with van der Waals surface area (Å²) >= 11 is 6.06. The third kappa shape index (κ3) is 3.52. The molecule has 0 bridgehead atoms. The average molecular weight is 347 g/mol. The molecule has 2 heterocycles. The van der Waals surface area contributed by atoms with Crippen molar-refractivity contribution in [1.29, 1.82) is 0 Å². The number of hydrogen-bond donors (Lipinski definition) is 1. The highest BCUT2D eigenvalue weighted by molar-refractivity contribution is 6.30. The number of anilines is 1. The first kappa shape index (κ1) is 17.1. The van der Waals surface area contributed by atoms with Crippen LogP contribution in [0.2, 0.25) is 5.15 Å². The molecule has 2 aromatic rings.